The van der Waals surface area contributed by atoms with Crippen molar-refractivity contribution >= 4 is 15.7 Å². The molecular formula is C11H14N2O3S. The largest absolute Gasteiger partial charge is 0.494 e. The third-order valence-corrected chi connectivity index (χ3v) is 3.61. The highest BCUT2D eigenvalue weighted by atomic mass is 32.2. The van der Waals surface area contributed by atoms with Crippen LogP contribution in [-0.2, 0) is 10.0 Å². The summed E-state index contributed by atoms with van der Waals surface area (Å²) in [4.78, 5) is 0. The molecule has 17 heavy (non-hydrogen) atoms. The maximum absolute atomic E-state index is 11.6. The van der Waals surface area contributed by atoms with Gasteiger partial charge in [-0.1, -0.05) is 6.07 Å². The molecule has 92 valence electrons. The lowest BCUT2D eigenvalue weighted by molar-refractivity contribution is 0.340. The topological polar surface area (TPSA) is 79.2 Å². The van der Waals surface area contributed by atoms with Crippen molar-refractivity contribution in [3.63, 3.8) is 0 Å². The number of nitriles is 1. The van der Waals surface area contributed by atoms with Gasteiger partial charge in [0.2, 0.25) is 10.0 Å². The van der Waals surface area contributed by atoms with Crippen LogP contribution in [0, 0.1) is 11.3 Å². The van der Waals surface area contributed by atoms with Gasteiger partial charge in [-0.2, -0.15) is 5.26 Å². The molecule has 1 atom stereocenters. The Bertz CT molecular complexity index is 520. The molecule has 0 fully saturated rings. The first-order chi connectivity index (χ1) is 7.99. The first kappa shape index (κ1) is 13.3. The monoisotopic (exact) mass is 254 g/mol. The summed E-state index contributed by atoms with van der Waals surface area (Å²) < 4.78 is 30.8. The summed E-state index contributed by atoms with van der Waals surface area (Å²) in [7, 11) is -3.66. The number of hydrogen-bond donors (Lipinski definition) is 1. The fourth-order valence-electron chi connectivity index (χ4n) is 1.14. The highest BCUT2D eigenvalue weighted by molar-refractivity contribution is 7.93. The van der Waals surface area contributed by atoms with Crippen LogP contribution in [-0.4, -0.2) is 20.3 Å². The molecule has 1 rings (SSSR count). The lowest BCUT2D eigenvalue weighted by Gasteiger charge is -2.10. The third kappa shape index (κ3) is 3.64. The average molecular weight is 254 g/mol. The zero-order valence-corrected chi connectivity index (χ0v) is 10.5. The van der Waals surface area contributed by atoms with Gasteiger partial charge in [0.25, 0.3) is 0 Å². The van der Waals surface area contributed by atoms with E-state index in [9.17, 15) is 8.42 Å². The van der Waals surface area contributed by atoms with Gasteiger partial charge in [-0.25, -0.2) is 8.42 Å². The normalized spacial score (nSPS) is 12.5. The van der Waals surface area contributed by atoms with Crippen molar-refractivity contribution in [2.24, 2.45) is 0 Å². The van der Waals surface area contributed by atoms with E-state index in [0.29, 0.717) is 18.0 Å². The number of sulfonamides is 1. The van der Waals surface area contributed by atoms with Gasteiger partial charge >= 0.3 is 0 Å². The van der Waals surface area contributed by atoms with Crippen LogP contribution in [0.4, 0.5) is 5.69 Å². The molecular weight excluding hydrogens is 240 g/mol. The second kappa shape index (κ2) is 5.55. The fourth-order valence-corrected chi connectivity index (χ4v) is 1.91. The van der Waals surface area contributed by atoms with Crippen molar-refractivity contribution < 1.29 is 13.2 Å². The van der Waals surface area contributed by atoms with Gasteiger partial charge in [0, 0.05) is 6.07 Å². The van der Waals surface area contributed by atoms with Gasteiger partial charge in [-0.3, -0.25) is 4.72 Å². The number of ether oxygens (including phenoxy) is 1. The van der Waals surface area contributed by atoms with Crippen molar-refractivity contribution in [1.29, 1.82) is 5.26 Å². The van der Waals surface area contributed by atoms with Crippen molar-refractivity contribution in [3.05, 3.63) is 24.3 Å². The molecule has 0 aliphatic rings. The van der Waals surface area contributed by atoms with E-state index < -0.39 is 15.3 Å². The highest BCUT2D eigenvalue weighted by Gasteiger charge is 2.19. The molecule has 0 radical (unpaired) electrons. The number of rotatable bonds is 5. The second-order valence-corrected chi connectivity index (χ2v) is 5.38. The lowest BCUT2D eigenvalue weighted by atomic mass is 10.3. The Hall–Kier alpha value is -1.74. The fraction of sp³-hybridized carbons (Fsp3) is 0.364. The van der Waals surface area contributed by atoms with Gasteiger partial charge in [0.1, 0.15) is 5.75 Å². The van der Waals surface area contributed by atoms with Crippen LogP contribution < -0.4 is 9.46 Å². The Morgan fingerprint density at radius 3 is 2.82 bits per heavy atom. The third-order valence-electron chi connectivity index (χ3n) is 2.05. The quantitative estimate of drug-likeness (QED) is 0.868. The minimum atomic E-state index is -3.66. The molecule has 0 heterocycles. The summed E-state index contributed by atoms with van der Waals surface area (Å²) in [5.41, 5.74) is 0.387. The van der Waals surface area contributed by atoms with E-state index in [2.05, 4.69) is 4.72 Å². The van der Waals surface area contributed by atoms with Gasteiger partial charge in [0.15, 0.2) is 5.25 Å². The van der Waals surface area contributed by atoms with Crippen molar-refractivity contribution in [2.75, 3.05) is 11.3 Å². The highest BCUT2D eigenvalue weighted by Crippen LogP contribution is 2.19. The molecule has 0 saturated heterocycles. The van der Waals surface area contributed by atoms with Crippen LogP contribution in [0.2, 0.25) is 0 Å². The van der Waals surface area contributed by atoms with E-state index in [1.165, 1.54) is 6.92 Å². The molecule has 1 aromatic carbocycles. The van der Waals surface area contributed by atoms with Gasteiger partial charge in [-0.15, -0.1) is 0 Å². The van der Waals surface area contributed by atoms with Crippen LogP contribution in [0.25, 0.3) is 0 Å². The maximum atomic E-state index is 11.6. The summed E-state index contributed by atoms with van der Waals surface area (Å²) >= 11 is 0. The standard InChI is InChI=1S/C11H14N2O3S/c1-3-16-11-6-4-5-10(7-11)13-17(14,15)9(2)8-12/h4-7,9,13H,3H2,1-2H3. The van der Waals surface area contributed by atoms with Crippen LogP contribution in [0.15, 0.2) is 24.3 Å². The Labute approximate surface area is 101 Å². The second-order valence-electron chi connectivity index (χ2n) is 3.38. The molecule has 0 spiro atoms. The zero-order valence-electron chi connectivity index (χ0n) is 9.67. The van der Waals surface area contributed by atoms with E-state index >= 15 is 0 Å². The van der Waals surface area contributed by atoms with Crippen LogP contribution >= 0.6 is 0 Å². The average Bonchev–Trinajstić information content (AvgIpc) is 2.28. The summed E-state index contributed by atoms with van der Waals surface area (Å²) in [5.74, 6) is 0.581. The minimum Gasteiger partial charge on any atom is -0.494 e. The van der Waals surface area contributed by atoms with Crippen LogP contribution in [0.1, 0.15) is 13.8 Å². The maximum Gasteiger partial charge on any atom is 0.248 e. The molecule has 6 heteroatoms. The molecule has 0 bridgehead atoms. The molecule has 5 nitrogen and oxygen atoms in total. The molecule has 0 amide bonds. The van der Waals surface area contributed by atoms with Gasteiger partial charge in [0.05, 0.1) is 18.4 Å². The molecule has 0 aromatic heterocycles. The van der Waals surface area contributed by atoms with E-state index in [1.807, 2.05) is 6.92 Å². The number of benzene rings is 1. The molecule has 0 saturated carbocycles. The van der Waals surface area contributed by atoms with Gasteiger partial charge in [-0.05, 0) is 26.0 Å². The zero-order chi connectivity index (χ0) is 12.9. The molecule has 1 N–H and O–H groups in total. The van der Waals surface area contributed by atoms with E-state index in [0.717, 1.165) is 0 Å². The van der Waals surface area contributed by atoms with Crippen LogP contribution in [0.3, 0.4) is 0 Å². The summed E-state index contributed by atoms with van der Waals surface area (Å²) in [6.07, 6.45) is 0. The lowest BCUT2D eigenvalue weighted by Crippen LogP contribution is -2.23. The first-order valence-electron chi connectivity index (χ1n) is 5.13. The van der Waals surface area contributed by atoms with Crippen LogP contribution in [0.5, 0.6) is 5.75 Å². The molecule has 0 aliphatic carbocycles. The molecule has 1 aromatic rings. The SMILES string of the molecule is CCOc1cccc(NS(=O)(=O)C(C)C#N)c1. The number of nitrogens with one attached hydrogen (secondary N) is 1. The summed E-state index contributed by atoms with van der Waals surface area (Å²) in [6, 6.07) is 8.27. The first-order valence-corrected chi connectivity index (χ1v) is 6.68. The minimum absolute atomic E-state index is 0.387. The van der Waals surface area contributed by atoms with Crippen molar-refractivity contribution in [3.8, 4) is 11.8 Å². The number of nitrogens with zero attached hydrogens (tertiary/aromatic N) is 1. The Morgan fingerprint density at radius 2 is 2.24 bits per heavy atom. The van der Waals surface area contributed by atoms with E-state index in [1.54, 1.807) is 30.3 Å². The number of hydrogen-bond acceptors (Lipinski definition) is 4. The smallest absolute Gasteiger partial charge is 0.248 e. The Morgan fingerprint density at radius 1 is 1.53 bits per heavy atom. The predicted molar refractivity (Wildman–Crippen MR) is 65.2 cm³/mol. The van der Waals surface area contributed by atoms with E-state index in [-0.39, 0.29) is 0 Å². The summed E-state index contributed by atoms with van der Waals surface area (Å²) in [6.45, 7) is 3.67. The van der Waals surface area contributed by atoms with Crippen molar-refractivity contribution in [2.45, 2.75) is 19.1 Å². The van der Waals surface area contributed by atoms with Gasteiger partial charge < -0.3 is 4.74 Å². The summed E-state index contributed by atoms with van der Waals surface area (Å²) in [5, 5.41) is 7.49. The van der Waals surface area contributed by atoms with E-state index in [4.69, 9.17) is 10.00 Å². The Balaban J connectivity index is 2.89. The Kier molecular flexibility index (Phi) is 4.35. The van der Waals surface area contributed by atoms with Crippen molar-refractivity contribution in [1.82, 2.24) is 0 Å². The predicted octanol–water partition coefficient (Wildman–Crippen LogP) is 1.74. The number of anilines is 1. The molecule has 1 unspecified atom stereocenters. The molecule has 0 aliphatic heterocycles.